The molecule has 6 heteroatoms. The zero-order chi connectivity index (χ0) is 16.3. The highest BCUT2D eigenvalue weighted by atomic mass is 16.6. The summed E-state index contributed by atoms with van der Waals surface area (Å²) in [5.41, 5.74) is 7.29. The second kappa shape index (κ2) is 6.42. The predicted octanol–water partition coefficient (Wildman–Crippen LogP) is 2.78. The zero-order valence-electron chi connectivity index (χ0n) is 13.8. The Morgan fingerprint density at radius 3 is 2.64 bits per heavy atom. The van der Waals surface area contributed by atoms with Crippen LogP contribution in [0.2, 0.25) is 0 Å². The number of hydrogen-bond acceptors (Lipinski definition) is 5. The summed E-state index contributed by atoms with van der Waals surface area (Å²) in [6.07, 6.45) is 3.23. The summed E-state index contributed by atoms with van der Waals surface area (Å²) in [7, 11) is 0. The van der Waals surface area contributed by atoms with Crippen molar-refractivity contribution in [2.24, 2.45) is 0 Å². The molecule has 2 heterocycles. The van der Waals surface area contributed by atoms with E-state index < -0.39 is 5.60 Å². The number of amides is 1. The fourth-order valence-corrected chi connectivity index (χ4v) is 2.41. The van der Waals surface area contributed by atoms with E-state index in [1.165, 1.54) is 0 Å². The number of nitrogens with two attached hydrogens (primary N) is 1. The Morgan fingerprint density at radius 2 is 2.05 bits per heavy atom. The number of nitrogen functional groups attached to an aromatic ring is 1. The van der Waals surface area contributed by atoms with E-state index in [1.807, 2.05) is 33.8 Å². The van der Waals surface area contributed by atoms with Gasteiger partial charge in [-0.3, -0.25) is 0 Å². The van der Waals surface area contributed by atoms with Gasteiger partial charge in [0.2, 0.25) is 0 Å². The number of carbonyl (C=O) groups is 1. The molecule has 3 N–H and O–H groups in total. The zero-order valence-corrected chi connectivity index (χ0v) is 13.8. The maximum atomic E-state index is 12.0. The number of likely N-dealkylation sites (tertiary alicyclic amines) is 1. The first-order chi connectivity index (χ1) is 10.3. The first-order valence-corrected chi connectivity index (χ1v) is 7.72. The molecule has 1 aliphatic rings. The van der Waals surface area contributed by atoms with E-state index in [0.29, 0.717) is 18.8 Å². The number of anilines is 2. The number of piperidine rings is 1. The van der Waals surface area contributed by atoms with Crippen molar-refractivity contribution in [3.63, 3.8) is 0 Å². The maximum Gasteiger partial charge on any atom is 0.410 e. The summed E-state index contributed by atoms with van der Waals surface area (Å²) >= 11 is 0. The van der Waals surface area contributed by atoms with Crippen molar-refractivity contribution in [2.45, 2.75) is 52.2 Å². The van der Waals surface area contributed by atoms with Crippen molar-refractivity contribution in [3.8, 4) is 0 Å². The third-order valence-corrected chi connectivity index (χ3v) is 3.70. The van der Waals surface area contributed by atoms with Crippen LogP contribution >= 0.6 is 0 Å². The molecule has 0 radical (unpaired) electrons. The molecule has 1 saturated heterocycles. The molecule has 122 valence electrons. The fourth-order valence-electron chi connectivity index (χ4n) is 2.41. The highest BCUT2D eigenvalue weighted by Gasteiger charge is 2.27. The smallest absolute Gasteiger partial charge is 0.410 e. The minimum atomic E-state index is -0.452. The molecule has 0 aliphatic carbocycles. The fraction of sp³-hybridized carbons (Fsp3) is 0.625. The van der Waals surface area contributed by atoms with Crippen LogP contribution in [0.4, 0.5) is 16.3 Å². The average molecular weight is 306 g/mol. The molecule has 0 unspecified atom stereocenters. The number of carbonyl (C=O) groups excluding carboxylic acids is 1. The van der Waals surface area contributed by atoms with E-state index >= 15 is 0 Å². The number of nitrogens with one attached hydrogen (secondary N) is 1. The number of ether oxygens (including phenoxy) is 1. The lowest BCUT2D eigenvalue weighted by atomic mass is 10.1. The van der Waals surface area contributed by atoms with Crippen LogP contribution in [0.1, 0.15) is 39.2 Å². The normalized spacial score (nSPS) is 16.5. The number of aromatic nitrogens is 1. The Balaban J connectivity index is 1.87. The minimum Gasteiger partial charge on any atom is -0.444 e. The van der Waals surface area contributed by atoms with Gasteiger partial charge in [0.15, 0.2) is 0 Å². The Morgan fingerprint density at radius 1 is 1.41 bits per heavy atom. The van der Waals surface area contributed by atoms with Gasteiger partial charge in [0, 0.05) is 25.3 Å². The van der Waals surface area contributed by atoms with Crippen LogP contribution in [0, 0.1) is 6.92 Å². The van der Waals surface area contributed by atoms with Gasteiger partial charge in [-0.05, 0) is 52.2 Å². The summed E-state index contributed by atoms with van der Waals surface area (Å²) in [5.74, 6) is 0.732. The molecule has 1 amide bonds. The van der Waals surface area contributed by atoms with Crippen LogP contribution in [-0.4, -0.2) is 40.7 Å². The van der Waals surface area contributed by atoms with Crippen LogP contribution in [0.3, 0.4) is 0 Å². The summed E-state index contributed by atoms with van der Waals surface area (Å²) in [4.78, 5) is 18.1. The third kappa shape index (κ3) is 4.26. The van der Waals surface area contributed by atoms with Gasteiger partial charge in [0.05, 0.1) is 5.69 Å². The number of rotatable bonds is 2. The molecule has 6 nitrogen and oxygen atoms in total. The van der Waals surface area contributed by atoms with E-state index in [0.717, 1.165) is 24.2 Å². The number of pyridine rings is 1. The van der Waals surface area contributed by atoms with Crippen molar-refractivity contribution < 1.29 is 9.53 Å². The van der Waals surface area contributed by atoms with E-state index in [1.54, 1.807) is 11.1 Å². The first-order valence-electron chi connectivity index (χ1n) is 7.72. The van der Waals surface area contributed by atoms with Gasteiger partial charge in [-0.25, -0.2) is 9.78 Å². The summed E-state index contributed by atoms with van der Waals surface area (Å²) < 4.78 is 5.40. The number of nitrogens with zero attached hydrogens (tertiary/aromatic N) is 2. The molecule has 22 heavy (non-hydrogen) atoms. The predicted molar refractivity (Wildman–Crippen MR) is 87.8 cm³/mol. The van der Waals surface area contributed by atoms with E-state index in [2.05, 4.69) is 10.3 Å². The number of aryl methyl sites for hydroxylation is 1. The van der Waals surface area contributed by atoms with E-state index in [-0.39, 0.29) is 12.1 Å². The topological polar surface area (TPSA) is 80.5 Å². The Kier molecular flexibility index (Phi) is 4.78. The van der Waals surface area contributed by atoms with Gasteiger partial charge in [-0.1, -0.05) is 0 Å². The van der Waals surface area contributed by atoms with Gasteiger partial charge in [0.1, 0.15) is 11.4 Å². The lowest BCUT2D eigenvalue weighted by Crippen LogP contribution is -2.44. The standard InChI is InChI=1S/C16H26N4O2/c1-11-5-8-18-14(13(11)17)19-12-6-9-20(10-7-12)15(21)22-16(2,3)4/h5,8,12H,6-7,9-10,17H2,1-4H3,(H,18,19). The number of hydrogen-bond donors (Lipinski definition) is 2. The quantitative estimate of drug-likeness (QED) is 0.878. The lowest BCUT2D eigenvalue weighted by Gasteiger charge is -2.34. The molecule has 0 saturated carbocycles. The molecular weight excluding hydrogens is 280 g/mol. The Labute approximate surface area is 132 Å². The van der Waals surface area contributed by atoms with Crippen molar-refractivity contribution in [3.05, 3.63) is 17.8 Å². The first kappa shape index (κ1) is 16.4. The molecule has 0 spiro atoms. The molecule has 0 aromatic carbocycles. The average Bonchev–Trinajstić information content (AvgIpc) is 2.43. The summed E-state index contributed by atoms with van der Waals surface area (Å²) in [5, 5.41) is 3.38. The second-order valence-corrected chi connectivity index (χ2v) is 6.78. The van der Waals surface area contributed by atoms with E-state index in [4.69, 9.17) is 10.5 Å². The maximum absolute atomic E-state index is 12.0. The Bertz CT molecular complexity index is 531. The molecule has 0 atom stereocenters. The molecule has 1 aromatic heterocycles. The van der Waals surface area contributed by atoms with Crippen molar-refractivity contribution >= 4 is 17.6 Å². The lowest BCUT2D eigenvalue weighted by molar-refractivity contribution is 0.0210. The van der Waals surface area contributed by atoms with Crippen molar-refractivity contribution in [1.29, 1.82) is 0 Å². The van der Waals surface area contributed by atoms with Crippen LogP contribution in [0.15, 0.2) is 12.3 Å². The second-order valence-electron chi connectivity index (χ2n) is 6.78. The molecule has 1 fully saturated rings. The van der Waals surface area contributed by atoms with Crippen molar-refractivity contribution in [1.82, 2.24) is 9.88 Å². The summed E-state index contributed by atoms with van der Waals surface area (Å²) in [6, 6.07) is 2.17. The van der Waals surface area contributed by atoms with Gasteiger partial charge >= 0.3 is 6.09 Å². The Hall–Kier alpha value is -1.98. The largest absolute Gasteiger partial charge is 0.444 e. The van der Waals surface area contributed by atoms with Crippen LogP contribution < -0.4 is 11.1 Å². The monoisotopic (exact) mass is 306 g/mol. The highest BCUT2D eigenvalue weighted by molar-refractivity contribution is 5.68. The molecular formula is C16H26N4O2. The van der Waals surface area contributed by atoms with Crippen LogP contribution in [-0.2, 0) is 4.74 Å². The van der Waals surface area contributed by atoms with Gasteiger partial charge in [0.25, 0.3) is 0 Å². The SMILES string of the molecule is Cc1ccnc(NC2CCN(C(=O)OC(C)(C)C)CC2)c1N. The minimum absolute atomic E-state index is 0.237. The molecule has 1 aromatic rings. The summed E-state index contributed by atoms with van der Waals surface area (Å²) in [6.45, 7) is 8.96. The van der Waals surface area contributed by atoms with Crippen LogP contribution in [0.25, 0.3) is 0 Å². The van der Waals surface area contributed by atoms with Gasteiger partial charge < -0.3 is 20.7 Å². The van der Waals surface area contributed by atoms with E-state index in [9.17, 15) is 4.79 Å². The van der Waals surface area contributed by atoms with Crippen LogP contribution in [0.5, 0.6) is 0 Å². The molecule has 2 rings (SSSR count). The van der Waals surface area contributed by atoms with Gasteiger partial charge in [-0.15, -0.1) is 0 Å². The highest BCUT2D eigenvalue weighted by Crippen LogP contribution is 2.23. The van der Waals surface area contributed by atoms with Crippen molar-refractivity contribution in [2.75, 3.05) is 24.1 Å². The third-order valence-electron chi connectivity index (χ3n) is 3.70. The molecule has 1 aliphatic heterocycles. The molecule has 0 bridgehead atoms. The van der Waals surface area contributed by atoms with Gasteiger partial charge in [-0.2, -0.15) is 0 Å².